The Morgan fingerprint density at radius 1 is 1.25 bits per heavy atom. The lowest BCUT2D eigenvalue weighted by Gasteiger charge is -2.10. The van der Waals surface area contributed by atoms with Crippen LogP contribution in [0.1, 0.15) is 26.7 Å². The first-order chi connectivity index (χ1) is 9.54. The highest BCUT2D eigenvalue weighted by atomic mass is 32.2. The van der Waals surface area contributed by atoms with Crippen molar-refractivity contribution in [2.24, 2.45) is 5.92 Å². The molecule has 0 aliphatic rings. The second-order valence-corrected chi connectivity index (χ2v) is 6.81. The summed E-state index contributed by atoms with van der Waals surface area (Å²) < 4.78 is 26.1. The van der Waals surface area contributed by atoms with E-state index in [1.807, 2.05) is 32.0 Å². The van der Waals surface area contributed by atoms with Gasteiger partial charge >= 0.3 is 0 Å². The van der Waals surface area contributed by atoms with Crippen LogP contribution < -0.4 is 0 Å². The Balaban J connectivity index is 2.32. The zero-order valence-corrected chi connectivity index (χ0v) is 12.4. The molecule has 0 radical (unpaired) electrons. The van der Waals surface area contributed by atoms with Crippen molar-refractivity contribution in [2.45, 2.75) is 31.8 Å². The molecule has 20 heavy (non-hydrogen) atoms. The fourth-order valence-electron chi connectivity index (χ4n) is 2.13. The first kappa shape index (κ1) is 14.6. The number of para-hydroxylation sites is 1. The molecule has 6 nitrogen and oxygen atoms in total. The molecule has 108 valence electrons. The van der Waals surface area contributed by atoms with Gasteiger partial charge < -0.3 is 0 Å². The van der Waals surface area contributed by atoms with E-state index in [2.05, 4.69) is 15.5 Å². The molecule has 0 bridgehead atoms. The van der Waals surface area contributed by atoms with Gasteiger partial charge in [-0.3, -0.25) is 0 Å². The molecule has 0 amide bonds. The summed E-state index contributed by atoms with van der Waals surface area (Å²) in [6.45, 7) is 3.97. The van der Waals surface area contributed by atoms with Crippen molar-refractivity contribution in [3.63, 3.8) is 0 Å². The van der Waals surface area contributed by atoms with Crippen LogP contribution in [-0.4, -0.2) is 34.4 Å². The Morgan fingerprint density at radius 2 is 1.95 bits per heavy atom. The molecule has 0 aliphatic heterocycles. The van der Waals surface area contributed by atoms with Gasteiger partial charge in [-0.1, -0.05) is 43.6 Å². The summed E-state index contributed by atoms with van der Waals surface area (Å²) in [4.78, 5) is 0. The predicted molar refractivity (Wildman–Crippen MR) is 75.3 cm³/mol. The third-order valence-corrected chi connectivity index (χ3v) is 4.82. The summed E-state index contributed by atoms with van der Waals surface area (Å²) in [5, 5.41) is 10.9. The minimum Gasteiger partial charge on any atom is -0.220 e. The van der Waals surface area contributed by atoms with Gasteiger partial charge in [0.05, 0.1) is 11.4 Å². The minimum absolute atomic E-state index is 0.0635. The van der Waals surface area contributed by atoms with Crippen molar-refractivity contribution in [2.75, 3.05) is 5.75 Å². The molecule has 1 heterocycles. The van der Waals surface area contributed by atoms with Gasteiger partial charge in [0.25, 0.3) is 5.16 Å². The lowest BCUT2D eigenvalue weighted by Crippen LogP contribution is -2.18. The average Bonchev–Trinajstić information content (AvgIpc) is 2.89. The normalized spacial score (nSPS) is 13.3. The second-order valence-electron chi connectivity index (χ2n) is 4.88. The number of hydrogen-bond acceptors (Lipinski definition) is 5. The SMILES string of the molecule is CCCC(C)CS(=O)(=O)c1nnnn1-c1ccccc1. The van der Waals surface area contributed by atoms with Gasteiger partial charge in [0.15, 0.2) is 0 Å². The van der Waals surface area contributed by atoms with E-state index in [1.165, 1.54) is 4.68 Å². The van der Waals surface area contributed by atoms with E-state index in [-0.39, 0.29) is 16.8 Å². The van der Waals surface area contributed by atoms with Crippen molar-refractivity contribution in [1.29, 1.82) is 0 Å². The van der Waals surface area contributed by atoms with Gasteiger partial charge in [0, 0.05) is 0 Å². The van der Waals surface area contributed by atoms with Crippen molar-refractivity contribution in [3.05, 3.63) is 30.3 Å². The Hall–Kier alpha value is -1.76. The monoisotopic (exact) mass is 294 g/mol. The smallest absolute Gasteiger partial charge is 0.220 e. The largest absolute Gasteiger partial charge is 0.272 e. The molecule has 0 saturated heterocycles. The Morgan fingerprint density at radius 3 is 2.60 bits per heavy atom. The number of sulfone groups is 1. The van der Waals surface area contributed by atoms with E-state index < -0.39 is 9.84 Å². The van der Waals surface area contributed by atoms with Gasteiger partial charge in [-0.2, -0.15) is 4.68 Å². The fourth-order valence-corrected chi connectivity index (χ4v) is 3.76. The highest BCUT2D eigenvalue weighted by Crippen LogP contribution is 2.17. The Bertz CT molecular complexity index is 652. The van der Waals surface area contributed by atoms with Gasteiger partial charge in [0.2, 0.25) is 9.84 Å². The molecule has 1 aromatic carbocycles. The maximum absolute atomic E-state index is 12.4. The second kappa shape index (κ2) is 6.13. The zero-order chi connectivity index (χ0) is 14.6. The molecule has 7 heteroatoms. The van der Waals surface area contributed by atoms with Crippen LogP contribution in [-0.2, 0) is 9.84 Å². The summed E-state index contributed by atoms with van der Waals surface area (Å²) in [5.74, 6) is 0.152. The van der Waals surface area contributed by atoms with Gasteiger partial charge in [-0.05, 0) is 34.9 Å². The molecule has 0 N–H and O–H groups in total. The van der Waals surface area contributed by atoms with E-state index in [1.54, 1.807) is 12.1 Å². The Kier molecular flexibility index (Phi) is 4.49. The van der Waals surface area contributed by atoms with Crippen LogP contribution in [0.3, 0.4) is 0 Å². The van der Waals surface area contributed by atoms with Gasteiger partial charge in [0.1, 0.15) is 0 Å². The van der Waals surface area contributed by atoms with Crippen LogP contribution >= 0.6 is 0 Å². The van der Waals surface area contributed by atoms with E-state index in [9.17, 15) is 8.42 Å². The third kappa shape index (κ3) is 3.22. The number of hydrogen-bond donors (Lipinski definition) is 0. The lowest BCUT2D eigenvalue weighted by molar-refractivity contribution is 0.536. The summed E-state index contributed by atoms with van der Waals surface area (Å²) in [6.07, 6.45) is 1.83. The summed E-state index contributed by atoms with van der Waals surface area (Å²) in [5.41, 5.74) is 0.638. The summed E-state index contributed by atoms with van der Waals surface area (Å²) >= 11 is 0. The maximum atomic E-state index is 12.4. The minimum atomic E-state index is -3.49. The Labute approximate surface area is 118 Å². The van der Waals surface area contributed by atoms with Crippen molar-refractivity contribution in [1.82, 2.24) is 20.2 Å². The quantitative estimate of drug-likeness (QED) is 0.812. The highest BCUT2D eigenvalue weighted by molar-refractivity contribution is 7.91. The van der Waals surface area contributed by atoms with Gasteiger partial charge in [-0.15, -0.1) is 0 Å². The molecule has 0 spiro atoms. The highest BCUT2D eigenvalue weighted by Gasteiger charge is 2.25. The van der Waals surface area contributed by atoms with Crippen LogP contribution in [0.4, 0.5) is 0 Å². The van der Waals surface area contributed by atoms with Crippen molar-refractivity contribution in [3.8, 4) is 5.69 Å². The van der Waals surface area contributed by atoms with Gasteiger partial charge in [-0.25, -0.2) is 8.42 Å². The first-order valence-electron chi connectivity index (χ1n) is 6.61. The molecular formula is C13H18N4O2S. The van der Waals surface area contributed by atoms with E-state index in [4.69, 9.17) is 0 Å². The zero-order valence-electron chi connectivity index (χ0n) is 11.6. The molecule has 2 rings (SSSR count). The molecular weight excluding hydrogens is 276 g/mol. The molecule has 1 unspecified atom stereocenters. The van der Waals surface area contributed by atoms with E-state index >= 15 is 0 Å². The standard InChI is InChI=1S/C13H18N4O2S/c1-3-7-11(2)10-20(18,19)13-14-15-16-17(13)12-8-5-4-6-9-12/h4-6,8-9,11H,3,7,10H2,1-2H3. The topological polar surface area (TPSA) is 77.7 Å². The molecule has 2 aromatic rings. The number of tetrazole rings is 1. The summed E-state index contributed by atoms with van der Waals surface area (Å²) in [7, 11) is -3.49. The van der Waals surface area contributed by atoms with Crippen LogP contribution in [0, 0.1) is 5.92 Å². The molecule has 1 aromatic heterocycles. The molecule has 0 fully saturated rings. The number of nitrogens with zero attached hydrogens (tertiary/aromatic N) is 4. The van der Waals surface area contributed by atoms with Crippen LogP contribution in [0.15, 0.2) is 35.5 Å². The van der Waals surface area contributed by atoms with Crippen LogP contribution in [0.25, 0.3) is 5.69 Å². The van der Waals surface area contributed by atoms with E-state index in [0.717, 1.165) is 12.8 Å². The molecule has 0 saturated carbocycles. The fraction of sp³-hybridized carbons (Fsp3) is 0.462. The van der Waals surface area contributed by atoms with Crippen molar-refractivity contribution >= 4 is 9.84 Å². The molecule has 0 aliphatic carbocycles. The third-order valence-electron chi connectivity index (χ3n) is 3.01. The number of rotatable bonds is 6. The average molecular weight is 294 g/mol. The number of aromatic nitrogens is 4. The van der Waals surface area contributed by atoms with Crippen LogP contribution in [0.5, 0.6) is 0 Å². The van der Waals surface area contributed by atoms with E-state index in [0.29, 0.717) is 5.69 Å². The summed E-state index contributed by atoms with van der Waals surface area (Å²) in [6, 6.07) is 9.02. The predicted octanol–water partition coefficient (Wildman–Crippen LogP) is 1.87. The van der Waals surface area contributed by atoms with Crippen LogP contribution in [0.2, 0.25) is 0 Å². The maximum Gasteiger partial charge on any atom is 0.272 e. The first-order valence-corrected chi connectivity index (χ1v) is 8.26. The lowest BCUT2D eigenvalue weighted by atomic mass is 10.1. The van der Waals surface area contributed by atoms with Crippen molar-refractivity contribution < 1.29 is 8.42 Å². The molecule has 1 atom stereocenters. The number of benzene rings is 1.